The molecule has 0 bridgehead atoms. The molecule has 0 radical (unpaired) electrons. The van der Waals surface area contributed by atoms with Crippen LogP contribution < -0.4 is 5.32 Å². The average Bonchev–Trinajstić information content (AvgIpc) is 3.21. The van der Waals surface area contributed by atoms with Crippen molar-refractivity contribution in [2.45, 2.75) is 64.3 Å². The van der Waals surface area contributed by atoms with E-state index in [1.54, 1.807) is 11.8 Å². The monoisotopic (exact) mass is 363 g/mol. The molecule has 1 atom stereocenters. The number of nitrogens with one attached hydrogen (secondary N) is 1. The lowest BCUT2D eigenvalue weighted by Gasteiger charge is -2.27. The van der Waals surface area contributed by atoms with Crippen molar-refractivity contribution in [3.8, 4) is 0 Å². The number of hydrogen-bond acceptors (Lipinski definition) is 5. The first kappa shape index (κ1) is 18.7. The molecule has 2 fully saturated rings. The van der Waals surface area contributed by atoms with Gasteiger partial charge in [-0.2, -0.15) is 4.98 Å². The summed E-state index contributed by atoms with van der Waals surface area (Å²) in [7, 11) is 0. The Balaban J connectivity index is 1.52. The van der Waals surface area contributed by atoms with E-state index in [9.17, 15) is 9.59 Å². The van der Waals surface area contributed by atoms with Crippen LogP contribution in [0.5, 0.6) is 0 Å². The van der Waals surface area contributed by atoms with Crippen molar-refractivity contribution in [2.24, 2.45) is 0 Å². The molecule has 2 heterocycles. The number of hydrogen-bond donors (Lipinski definition) is 1. The van der Waals surface area contributed by atoms with Gasteiger partial charge in [-0.3, -0.25) is 4.79 Å². The molecule has 144 valence electrons. The molecule has 1 aromatic rings. The molecule has 3 amide bonds. The summed E-state index contributed by atoms with van der Waals surface area (Å²) >= 11 is 0. The second kappa shape index (κ2) is 8.51. The zero-order chi connectivity index (χ0) is 18.5. The highest BCUT2D eigenvalue weighted by Crippen LogP contribution is 2.35. The average molecular weight is 363 g/mol. The van der Waals surface area contributed by atoms with Gasteiger partial charge in [-0.25, -0.2) is 4.79 Å². The van der Waals surface area contributed by atoms with Gasteiger partial charge in [0.15, 0.2) is 5.82 Å². The number of nitrogens with zero attached hydrogens (tertiary/aromatic N) is 4. The first-order valence-electron chi connectivity index (χ1n) is 9.71. The van der Waals surface area contributed by atoms with Gasteiger partial charge in [-0.15, -0.1) is 0 Å². The minimum absolute atomic E-state index is 0.0218. The van der Waals surface area contributed by atoms with Gasteiger partial charge in [-0.05, 0) is 25.7 Å². The first-order valence-corrected chi connectivity index (χ1v) is 9.71. The minimum atomic E-state index is -0.0406. The van der Waals surface area contributed by atoms with Crippen LogP contribution >= 0.6 is 0 Å². The summed E-state index contributed by atoms with van der Waals surface area (Å²) in [6, 6.07) is 0.0130. The van der Waals surface area contributed by atoms with Crippen molar-refractivity contribution in [1.82, 2.24) is 25.3 Å². The maximum absolute atomic E-state index is 12.1. The third-order valence-corrected chi connectivity index (χ3v) is 5.34. The van der Waals surface area contributed by atoms with Crippen molar-refractivity contribution in [2.75, 3.05) is 26.2 Å². The van der Waals surface area contributed by atoms with E-state index in [0.717, 1.165) is 31.6 Å². The Labute approximate surface area is 154 Å². The van der Waals surface area contributed by atoms with Crippen LogP contribution in [0.4, 0.5) is 4.79 Å². The fourth-order valence-electron chi connectivity index (χ4n) is 3.53. The van der Waals surface area contributed by atoms with Gasteiger partial charge in [0.2, 0.25) is 11.8 Å². The summed E-state index contributed by atoms with van der Waals surface area (Å²) in [5.41, 5.74) is 0. The predicted molar refractivity (Wildman–Crippen MR) is 95.6 cm³/mol. The standard InChI is InChI=1S/C18H29N5O3/c1-3-9-19-18(25)22-10-7-15(12-22)23(13(2)24)11-8-16-20-17(26-21-16)14-5-4-6-14/h14-15H,3-12H2,1-2H3,(H,19,25). The summed E-state index contributed by atoms with van der Waals surface area (Å²) in [5.74, 6) is 1.84. The van der Waals surface area contributed by atoms with Crippen LogP contribution in [0.25, 0.3) is 0 Å². The first-order chi connectivity index (χ1) is 12.6. The zero-order valence-corrected chi connectivity index (χ0v) is 15.7. The maximum Gasteiger partial charge on any atom is 0.317 e. The number of rotatable bonds is 7. The Kier molecular flexibility index (Phi) is 6.11. The molecule has 0 aromatic carbocycles. The predicted octanol–water partition coefficient (Wildman–Crippen LogP) is 1.92. The van der Waals surface area contributed by atoms with E-state index in [0.29, 0.717) is 44.3 Å². The van der Waals surface area contributed by atoms with Crippen LogP contribution in [0.1, 0.15) is 63.6 Å². The Morgan fingerprint density at radius 1 is 1.35 bits per heavy atom. The number of likely N-dealkylation sites (tertiary alicyclic amines) is 1. The van der Waals surface area contributed by atoms with Crippen LogP contribution in [0.2, 0.25) is 0 Å². The number of carbonyl (C=O) groups excluding carboxylic acids is 2. The smallest absolute Gasteiger partial charge is 0.317 e. The van der Waals surface area contributed by atoms with Gasteiger partial charge in [0.1, 0.15) is 0 Å². The zero-order valence-electron chi connectivity index (χ0n) is 15.7. The van der Waals surface area contributed by atoms with Crippen molar-refractivity contribution >= 4 is 11.9 Å². The van der Waals surface area contributed by atoms with Crippen LogP contribution in [-0.4, -0.2) is 64.1 Å². The highest BCUT2D eigenvalue weighted by Gasteiger charge is 2.32. The molecule has 3 rings (SSSR count). The van der Waals surface area contributed by atoms with Crippen molar-refractivity contribution in [3.05, 3.63) is 11.7 Å². The van der Waals surface area contributed by atoms with E-state index in [4.69, 9.17) is 4.52 Å². The van der Waals surface area contributed by atoms with Crippen molar-refractivity contribution < 1.29 is 14.1 Å². The lowest BCUT2D eigenvalue weighted by Crippen LogP contribution is -2.44. The molecule has 1 aromatic heterocycles. The Bertz CT molecular complexity index is 628. The molecule has 1 aliphatic carbocycles. The van der Waals surface area contributed by atoms with Crippen LogP contribution in [0.3, 0.4) is 0 Å². The largest absolute Gasteiger partial charge is 0.339 e. The van der Waals surface area contributed by atoms with Gasteiger partial charge in [0, 0.05) is 45.4 Å². The summed E-state index contributed by atoms with van der Waals surface area (Å²) < 4.78 is 5.35. The van der Waals surface area contributed by atoms with Gasteiger partial charge in [0.05, 0.1) is 6.04 Å². The summed E-state index contributed by atoms with van der Waals surface area (Å²) in [4.78, 5) is 32.3. The normalized spacial score (nSPS) is 20.1. The van der Waals surface area contributed by atoms with E-state index < -0.39 is 0 Å². The van der Waals surface area contributed by atoms with Gasteiger partial charge < -0.3 is 19.6 Å². The van der Waals surface area contributed by atoms with E-state index >= 15 is 0 Å². The van der Waals surface area contributed by atoms with E-state index in [-0.39, 0.29) is 18.0 Å². The van der Waals surface area contributed by atoms with E-state index in [1.165, 1.54) is 6.42 Å². The highest BCUT2D eigenvalue weighted by atomic mass is 16.5. The lowest BCUT2D eigenvalue weighted by molar-refractivity contribution is -0.130. The van der Waals surface area contributed by atoms with E-state index in [2.05, 4.69) is 15.5 Å². The van der Waals surface area contributed by atoms with Crippen LogP contribution in [0.15, 0.2) is 4.52 Å². The summed E-state index contributed by atoms with van der Waals surface area (Å²) in [6.45, 7) is 6.09. The molecule has 1 unspecified atom stereocenters. The van der Waals surface area contributed by atoms with Crippen LogP contribution in [-0.2, 0) is 11.2 Å². The molecule has 2 aliphatic rings. The minimum Gasteiger partial charge on any atom is -0.339 e. The molecule has 0 spiro atoms. The molecule has 26 heavy (non-hydrogen) atoms. The third kappa shape index (κ3) is 4.34. The lowest BCUT2D eigenvalue weighted by atomic mass is 9.85. The fraction of sp³-hybridized carbons (Fsp3) is 0.778. The second-order valence-corrected chi connectivity index (χ2v) is 7.26. The van der Waals surface area contributed by atoms with Crippen LogP contribution in [0, 0.1) is 0 Å². The van der Waals surface area contributed by atoms with Gasteiger partial charge in [-0.1, -0.05) is 18.5 Å². The molecular weight excluding hydrogens is 334 g/mol. The highest BCUT2D eigenvalue weighted by molar-refractivity contribution is 5.76. The Morgan fingerprint density at radius 2 is 2.15 bits per heavy atom. The molecule has 8 heteroatoms. The number of amides is 3. The molecule has 1 saturated heterocycles. The molecular formula is C18H29N5O3. The topological polar surface area (TPSA) is 91.6 Å². The number of urea groups is 1. The van der Waals surface area contributed by atoms with E-state index in [1.807, 2.05) is 11.8 Å². The molecule has 1 N–H and O–H groups in total. The second-order valence-electron chi connectivity index (χ2n) is 7.26. The van der Waals surface area contributed by atoms with Gasteiger partial charge in [0.25, 0.3) is 0 Å². The van der Waals surface area contributed by atoms with Gasteiger partial charge >= 0.3 is 6.03 Å². The molecule has 1 aliphatic heterocycles. The SMILES string of the molecule is CCCNC(=O)N1CCC(N(CCc2noc(C3CCC3)n2)C(C)=O)C1. The number of carbonyl (C=O) groups is 2. The van der Waals surface area contributed by atoms with Crippen molar-refractivity contribution in [3.63, 3.8) is 0 Å². The quantitative estimate of drug-likeness (QED) is 0.799. The summed E-state index contributed by atoms with van der Waals surface area (Å²) in [6.07, 6.45) is 5.77. The fourth-order valence-corrected chi connectivity index (χ4v) is 3.53. The summed E-state index contributed by atoms with van der Waals surface area (Å²) in [5, 5.41) is 6.95. The molecule has 1 saturated carbocycles. The third-order valence-electron chi connectivity index (χ3n) is 5.34. The molecule has 8 nitrogen and oxygen atoms in total. The Hall–Kier alpha value is -2.12. The Morgan fingerprint density at radius 3 is 2.81 bits per heavy atom. The van der Waals surface area contributed by atoms with Crippen molar-refractivity contribution in [1.29, 1.82) is 0 Å². The number of aromatic nitrogens is 2. The maximum atomic E-state index is 12.1.